The maximum absolute atomic E-state index is 11.9. The molecule has 22 heavy (non-hydrogen) atoms. The summed E-state index contributed by atoms with van der Waals surface area (Å²) in [6.45, 7) is 0.760. The number of carbonyl (C=O) groups excluding carboxylic acids is 1. The van der Waals surface area contributed by atoms with E-state index in [4.69, 9.17) is 16.3 Å². The maximum Gasteiger partial charge on any atom is 0.250 e. The number of benzene rings is 1. The first kappa shape index (κ1) is 15.1. The SMILES string of the molecule is O=C(/C=C/c1ccc(Cl)cc1)Nc1nnc(C2CCCO2)s1. The third-order valence-electron chi connectivity index (χ3n) is 3.17. The van der Waals surface area contributed by atoms with Crippen LogP contribution in [0.4, 0.5) is 5.13 Å². The van der Waals surface area contributed by atoms with E-state index in [1.54, 1.807) is 18.2 Å². The van der Waals surface area contributed by atoms with Crippen molar-refractivity contribution in [2.24, 2.45) is 0 Å². The van der Waals surface area contributed by atoms with Crippen LogP contribution in [0.1, 0.15) is 29.5 Å². The number of amides is 1. The molecule has 0 aliphatic carbocycles. The Balaban J connectivity index is 1.58. The number of carbonyl (C=O) groups is 1. The molecule has 1 saturated heterocycles. The van der Waals surface area contributed by atoms with Crippen LogP contribution in [0.2, 0.25) is 5.02 Å². The maximum atomic E-state index is 11.9. The zero-order valence-electron chi connectivity index (χ0n) is 11.7. The van der Waals surface area contributed by atoms with Crippen LogP contribution in [0.25, 0.3) is 6.08 Å². The molecule has 3 rings (SSSR count). The first-order valence-electron chi connectivity index (χ1n) is 6.90. The molecule has 2 heterocycles. The smallest absolute Gasteiger partial charge is 0.250 e. The molecule has 1 N–H and O–H groups in total. The number of anilines is 1. The highest BCUT2D eigenvalue weighted by atomic mass is 35.5. The van der Waals surface area contributed by atoms with Crippen LogP contribution in [-0.2, 0) is 9.53 Å². The Hall–Kier alpha value is -1.76. The number of hydrogen-bond donors (Lipinski definition) is 1. The van der Waals surface area contributed by atoms with Crippen LogP contribution in [0.3, 0.4) is 0 Å². The lowest BCUT2D eigenvalue weighted by Crippen LogP contribution is -2.07. The van der Waals surface area contributed by atoms with Crippen molar-refractivity contribution in [3.8, 4) is 0 Å². The molecule has 5 nitrogen and oxygen atoms in total. The predicted octanol–water partition coefficient (Wildman–Crippen LogP) is 3.69. The molecule has 1 aromatic carbocycles. The zero-order valence-corrected chi connectivity index (χ0v) is 13.2. The summed E-state index contributed by atoms with van der Waals surface area (Å²) >= 11 is 7.16. The fourth-order valence-electron chi connectivity index (χ4n) is 2.08. The summed E-state index contributed by atoms with van der Waals surface area (Å²) in [7, 11) is 0. The summed E-state index contributed by atoms with van der Waals surface area (Å²) in [6.07, 6.45) is 5.19. The van der Waals surface area contributed by atoms with Crippen LogP contribution in [0, 0.1) is 0 Å². The van der Waals surface area contributed by atoms with Gasteiger partial charge in [-0.2, -0.15) is 0 Å². The molecule has 1 amide bonds. The van der Waals surface area contributed by atoms with Gasteiger partial charge < -0.3 is 4.74 Å². The fourth-order valence-corrected chi connectivity index (χ4v) is 3.04. The van der Waals surface area contributed by atoms with E-state index in [1.165, 1.54) is 17.4 Å². The van der Waals surface area contributed by atoms with Gasteiger partial charge in [-0.1, -0.05) is 35.1 Å². The average molecular weight is 336 g/mol. The molecule has 0 saturated carbocycles. The molecular formula is C15H14ClN3O2S. The van der Waals surface area contributed by atoms with Crippen molar-refractivity contribution >= 4 is 40.1 Å². The van der Waals surface area contributed by atoms with E-state index in [2.05, 4.69) is 15.5 Å². The van der Waals surface area contributed by atoms with E-state index in [1.807, 2.05) is 12.1 Å². The second-order valence-electron chi connectivity index (χ2n) is 4.82. The van der Waals surface area contributed by atoms with Crippen LogP contribution in [-0.4, -0.2) is 22.7 Å². The Labute approximate surface area is 137 Å². The lowest BCUT2D eigenvalue weighted by Gasteiger charge is -2.01. The number of nitrogens with one attached hydrogen (secondary N) is 1. The van der Waals surface area contributed by atoms with Gasteiger partial charge in [0.2, 0.25) is 11.0 Å². The molecule has 0 radical (unpaired) electrons. The lowest BCUT2D eigenvalue weighted by atomic mass is 10.2. The molecule has 7 heteroatoms. The molecule has 114 valence electrons. The van der Waals surface area contributed by atoms with Gasteiger partial charge in [-0.25, -0.2) is 0 Å². The number of hydrogen-bond acceptors (Lipinski definition) is 5. The van der Waals surface area contributed by atoms with Gasteiger partial charge in [-0.3, -0.25) is 10.1 Å². The Bertz CT molecular complexity index is 678. The van der Waals surface area contributed by atoms with E-state index < -0.39 is 0 Å². The number of ether oxygens (including phenoxy) is 1. The van der Waals surface area contributed by atoms with Crippen LogP contribution in [0.5, 0.6) is 0 Å². The highest BCUT2D eigenvalue weighted by Gasteiger charge is 2.22. The summed E-state index contributed by atoms with van der Waals surface area (Å²) in [5, 5.41) is 12.7. The van der Waals surface area contributed by atoms with Crippen molar-refractivity contribution in [2.75, 3.05) is 11.9 Å². The number of rotatable bonds is 4. The minimum Gasteiger partial charge on any atom is -0.371 e. The van der Waals surface area contributed by atoms with Crippen LogP contribution in [0.15, 0.2) is 30.3 Å². The van der Waals surface area contributed by atoms with Crippen LogP contribution < -0.4 is 5.32 Å². The van der Waals surface area contributed by atoms with E-state index in [9.17, 15) is 4.79 Å². The van der Waals surface area contributed by atoms with E-state index in [0.717, 1.165) is 30.0 Å². The van der Waals surface area contributed by atoms with Gasteiger partial charge in [-0.15, -0.1) is 10.2 Å². The third-order valence-corrected chi connectivity index (χ3v) is 4.36. The van der Waals surface area contributed by atoms with Gasteiger partial charge >= 0.3 is 0 Å². The van der Waals surface area contributed by atoms with Crippen molar-refractivity contribution in [3.63, 3.8) is 0 Å². The van der Waals surface area contributed by atoms with Gasteiger partial charge in [-0.05, 0) is 36.6 Å². The van der Waals surface area contributed by atoms with Crippen molar-refractivity contribution in [3.05, 3.63) is 45.9 Å². The van der Waals surface area contributed by atoms with Gasteiger partial charge in [0.1, 0.15) is 11.1 Å². The topological polar surface area (TPSA) is 64.1 Å². The fraction of sp³-hybridized carbons (Fsp3) is 0.267. The van der Waals surface area contributed by atoms with Crippen molar-refractivity contribution < 1.29 is 9.53 Å². The molecule has 1 atom stereocenters. The standard InChI is InChI=1S/C15H14ClN3O2S/c16-11-6-3-10(4-7-11)5-8-13(20)17-15-19-18-14(22-15)12-2-1-9-21-12/h3-8,12H,1-2,9H2,(H,17,19,20)/b8-5+. The van der Waals surface area contributed by atoms with E-state index >= 15 is 0 Å². The van der Waals surface area contributed by atoms with Gasteiger partial charge in [0.25, 0.3) is 0 Å². The third kappa shape index (κ3) is 3.91. The number of halogens is 1. The zero-order chi connectivity index (χ0) is 15.4. The first-order chi connectivity index (χ1) is 10.7. The summed E-state index contributed by atoms with van der Waals surface area (Å²) in [5.41, 5.74) is 0.900. The highest BCUT2D eigenvalue weighted by molar-refractivity contribution is 7.15. The molecule has 0 bridgehead atoms. The molecule has 1 aromatic heterocycles. The lowest BCUT2D eigenvalue weighted by molar-refractivity contribution is -0.111. The molecule has 1 aliphatic rings. The number of aromatic nitrogens is 2. The van der Waals surface area contributed by atoms with Crippen molar-refractivity contribution in [1.29, 1.82) is 0 Å². The predicted molar refractivity (Wildman–Crippen MR) is 87.0 cm³/mol. The van der Waals surface area contributed by atoms with Crippen LogP contribution >= 0.6 is 22.9 Å². The molecular weight excluding hydrogens is 322 g/mol. The molecule has 1 aliphatic heterocycles. The Morgan fingerprint density at radius 3 is 2.91 bits per heavy atom. The van der Waals surface area contributed by atoms with Gasteiger partial charge in [0.15, 0.2) is 0 Å². The quantitative estimate of drug-likeness (QED) is 0.865. The molecule has 2 aromatic rings. The van der Waals surface area contributed by atoms with Gasteiger partial charge in [0.05, 0.1) is 0 Å². The van der Waals surface area contributed by atoms with Gasteiger partial charge in [0, 0.05) is 17.7 Å². The molecule has 1 unspecified atom stereocenters. The minimum absolute atomic E-state index is 0.0211. The first-order valence-corrected chi connectivity index (χ1v) is 8.10. The Morgan fingerprint density at radius 2 is 2.18 bits per heavy atom. The molecule has 1 fully saturated rings. The van der Waals surface area contributed by atoms with E-state index in [-0.39, 0.29) is 12.0 Å². The summed E-state index contributed by atoms with van der Waals surface area (Å²) in [6, 6.07) is 7.23. The Morgan fingerprint density at radius 1 is 1.36 bits per heavy atom. The second-order valence-corrected chi connectivity index (χ2v) is 6.27. The van der Waals surface area contributed by atoms with E-state index in [0.29, 0.717) is 10.2 Å². The molecule has 0 spiro atoms. The monoisotopic (exact) mass is 335 g/mol. The average Bonchev–Trinajstić information content (AvgIpc) is 3.17. The summed E-state index contributed by atoms with van der Waals surface area (Å²) in [5.74, 6) is -0.245. The highest BCUT2D eigenvalue weighted by Crippen LogP contribution is 2.31. The van der Waals surface area contributed by atoms with Crippen molar-refractivity contribution in [2.45, 2.75) is 18.9 Å². The normalized spacial score (nSPS) is 18.0. The number of nitrogens with zero attached hydrogens (tertiary/aromatic N) is 2. The summed E-state index contributed by atoms with van der Waals surface area (Å²) in [4.78, 5) is 11.9. The largest absolute Gasteiger partial charge is 0.371 e. The minimum atomic E-state index is -0.245. The van der Waals surface area contributed by atoms with Crippen molar-refractivity contribution in [1.82, 2.24) is 10.2 Å². The second kappa shape index (κ2) is 7.00. The summed E-state index contributed by atoms with van der Waals surface area (Å²) < 4.78 is 5.54. The Kier molecular flexibility index (Phi) is 4.82.